The Kier molecular flexibility index (Phi) is 17.5. The van der Waals surface area contributed by atoms with Crippen LogP contribution in [-0.2, 0) is 4.79 Å². The second kappa shape index (κ2) is 18.3. The first-order chi connectivity index (χ1) is 13.1. The lowest BCUT2D eigenvalue weighted by Crippen LogP contribution is -2.45. The van der Waals surface area contributed by atoms with Crippen LogP contribution in [0.4, 0.5) is 0 Å². The third-order valence-corrected chi connectivity index (χ3v) is 5.32. The summed E-state index contributed by atoms with van der Waals surface area (Å²) in [6.07, 6.45) is 22.6. The molecule has 0 amide bonds. The molecule has 0 spiro atoms. The highest BCUT2D eigenvalue weighted by Crippen LogP contribution is 2.22. The van der Waals surface area contributed by atoms with E-state index in [4.69, 9.17) is 0 Å². The molecule has 0 aromatic carbocycles. The lowest BCUT2D eigenvalue weighted by molar-refractivity contribution is -0.140. The average molecular weight is 380 g/mol. The molecule has 0 saturated heterocycles. The lowest BCUT2D eigenvalue weighted by Gasteiger charge is -2.36. The Morgan fingerprint density at radius 3 is 1.56 bits per heavy atom. The summed E-state index contributed by atoms with van der Waals surface area (Å²) in [7, 11) is 0. The molecule has 0 aromatic heterocycles. The van der Waals surface area contributed by atoms with Crippen LogP contribution in [0.15, 0.2) is 24.3 Å². The van der Waals surface area contributed by atoms with Gasteiger partial charge in [0.2, 0.25) is 0 Å². The second-order valence-electron chi connectivity index (χ2n) is 7.52. The molecule has 2 atom stereocenters. The van der Waals surface area contributed by atoms with Crippen molar-refractivity contribution in [2.24, 2.45) is 0 Å². The number of unbranched alkanes of at least 4 members (excludes halogenated alkanes) is 4. The summed E-state index contributed by atoms with van der Waals surface area (Å²) in [4.78, 5) is 13.8. The first kappa shape index (κ1) is 25.9. The summed E-state index contributed by atoms with van der Waals surface area (Å²) in [5.74, 6) is -0.691. The topological polar surface area (TPSA) is 40.5 Å². The van der Waals surface area contributed by atoms with E-state index in [9.17, 15) is 9.90 Å². The molecule has 0 aliphatic carbocycles. The maximum absolute atomic E-state index is 11.5. The summed E-state index contributed by atoms with van der Waals surface area (Å²) < 4.78 is 0. The predicted octanol–water partition coefficient (Wildman–Crippen LogP) is 6.98. The van der Waals surface area contributed by atoms with Crippen molar-refractivity contribution in [1.29, 1.82) is 0 Å². The number of hydrogen-bond acceptors (Lipinski definition) is 2. The highest BCUT2D eigenvalue weighted by atomic mass is 16.4. The number of hydrogen-bond donors (Lipinski definition) is 1. The van der Waals surface area contributed by atoms with Crippen LogP contribution in [-0.4, -0.2) is 34.6 Å². The Balaban J connectivity index is 4.62. The van der Waals surface area contributed by atoms with Gasteiger partial charge in [-0.05, 0) is 64.2 Å². The van der Waals surface area contributed by atoms with Crippen LogP contribution in [0.3, 0.4) is 0 Å². The molecule has 3 nitrogen and oxygen atoms in total. The van der Waals surface area contributed by atoms with E-state index in [1.54, 1.807) is 0 Å². The fourth-order valence-electron chi connectivity index (χ4n) is 3.77. The zero-order valence-corrected chi connectivity index (χ0v) is 18.5. The van der Waals surface area contributed by atoms with Crippen LogP contribution in [0, 0.1) is 0 Å². The molecule has 2 unspecified atom stereocenters. The van der Waals surface area contributed by atoms with Gasteiger partial charge < -0.3 is 5.11 Å². The van der Waals surface area contributed by atoms with E-state index in [0.29, 0.717) is 12.1 Å². The van der Waals surface area contributed by atoms with Gasteiger partial charge in [0.05, 0.1) is 6.54 Å². The fraction of sp³-hybridized carbons (Fsp3) is 0.792. The van der Waals surface area contributed by atoms with Crippen molar-refractivity contribution in [2.75, 3.05) is 6.54 Å². The van der Waals surface area contributed by atoms with E-state index < -0.39 is 5.97 Å². The highest BCUT2D eigenvalue weighted by Gasteiger charge is 2.25. The maximum Gasteiger partial charge on any atom is 0.317 e. The minimum absolute atomic E-state index is 0.183. The Morgan fingerprint density at radius 1 is 0.778 bits per heavy atom. The summed E-state index contributed by atoms with van der Waals surface area (Å²) >= 11 is 0. The standard InChI is InChI=1S/C24H45NO2/c1-5-9-11-13-15-17-19-22(7-3)25(21-24(26)27)23(8-4)20-18-16-14-12-10-6-2/h9-12,22-23H,5-8,13-21H2,1-4H3,(H,26,27)/b11-9+,12-10+. The third-order valence-electron chi connectivity index (χ3n) is 5.32. The molecule has 1 N–H and O–H groups in total. The molecule has 3 heteroatoms. The molecule has 27 heavy (non-hydrogen) atoms. The average Bonchev–Trinajstić information content (AvgIpc) is 2.65. The van der Waals surface area contributed by atoms with Crippen LogP contribution in [0.25, 0.3) is 0 Å². The molecule has 0 aromatic rings. The fourth-order valence-corrected chi connectivity index (χ4v) is 3.77. The molecule has 0 saturated carbocycles. The molecule has 0 aliphatic heterocycles. The minimum Gasteiger partial charge on any atom is -0.480 e. The highest BCUT2D eigenvalue weighted by molar-refractivity contribution is 5.69. The predicted molar refractivity (Wildman–Crippen MR) is 118 cm³/mol. The Hall–Kier alpha value is -1.09. The summed E-state index contributed by atoms with van der Waals surface area (Å²) in [5.41, 5.74) is 0. The summed E-state index contributed by atoms with van der Waals surface area (Å²) in [6, 6.07) is 0.780. The number of allylic oxidation sites excluding steroid dienone is 4. The first-order valence-electron chi connectivity index (χ1n) is 11.4. The van der Waals surface area contributed by atoms with Gasteiger partial charge >= 0.3 is 5.97 Å². The normalized spacial score (nSPS) is 14.4. The smallest absolute Gasteiger partial charge is 0.317 e. The monoisotopic (exact) mass is 379 g/mol. The second-order valence-corrected chi connectivity index (χ2v) is 7.52. The Bertz CT molecular complexity index is 373. The first-order valence-corrected chi connectivity index (χ1v) is 11.4. The number of nitrogens with zero attached hydrogens (tertiary/aromatic N) is 1. The Labute approximate surface area is 168 Å². The minimum atomic E-state index is -0.691. The van der Waals surface area contributed by atoms with Gasteiger partial charge in [-0.15, -0.1) is 0 Å². The van der Waals surface area contributed by atoms with E-state index in [-0.39, 0.29) is 6.54 Å². The molecule has 0 aliphatic rings. The van der Waals surface area contributed by atoms with Crippen molar-refractivity contribution in [1.82, 2.24) is 4.90 Å². The zero-order chi connectivity index (χ0) is 20.3. The molecule has 0 heterocycles. The molecular formula is C24H45NO2. The van der Waals surface area contributed by atoms with Crippen LogP contribution in [0.1, 0.15) is 105 Å². The van der Waals surface area contributed by atoms with E-state index in [1.165, 1.54) is 25.7 Å². The number of rotatable bonds is 18. The van der Waals surface area contributed by atoms with Crippen LogP contribution in [0.2, 0.25) is 0 Å². The molecule has 158 valence electrons. The largest absolute Gasteiger partial charge is 0.480 e. The van der Waals surface area contributed by atoms with Crippen molar-refractivity contribution in [2.45, 2.75) is 117 Å². The van der Waals surface area contributed by atoms with Crippen LogP contribution in [0.5, 0.6) is 0 Å². The molecule has 0 bridgehead atoms. The molecule has 0 rings (SSSR count). The van der Waals surface area contributed by atoms with Crippen molar-refractivity contribution >= 4 is 5.97 Å². The van der Waals surface area contributed by atoms with Gasteiger partial charge in [0.1, 0.15) is 0 Å². The van der Waals surface area contributed by atoms with Crippen molar-refractivity contribution < 1.29 is 9.90 Å². The summed E-state index contributed by atoms with van der Waals surface area (Å²) in [5, 5.41) is 9.45. The zero-order valence-electron chi connectivity index (χ0n) is 18.5. The van der Waals surface area contributed by atoms with Gasteiger partial charge in [-0.25, -0.2) is 0 Å². The number of carboxylic acids is 1. The quantitative estimate of drug-likeness (QED) is 0.206. The van der Waals surface area contributed by atoms with Gasteiger partial charge in [-0.2, -0.15) is 0 Å². The van der Waals surface area contributed by atoms with Crippen molar-refractivity contribution in [3.05, 3.63) is 24.3 Å². The maximum atomic E-state index is 11.5. The van der Waals surface area contributed by atoms with Gasteiger partial charge in [0.15, 0.2) is 0 Å². The summed E-state index contributed by atoms with van der Waals surface area (Å²) in [6.45, 7) is 8.93. The van der Waals surface area contributed by atoms with Crippen molar-refractivity contribution in [3.8, 4) is 0 Å². The third kappa shape index (κ3) is 13.7. The Morgan fingerprint density at radius 2 is 1.22 bits per heavy atom. The van der Waals surface area contributed by atoms with E-state index in [2.05, 4.69) is 56.9 Å². The molecular weight excluding hydrogens is 334 g/mol. The SMILES string of the molecule is CC/C=C/CCCCC(CC)N(CC(=O)O)C(CC)CCCC/C=C/CC. The van der Waals surface area contributed by atoms with Gasteiger partial charge in [0.25, 0.3) is 0 Å². The van der Waals surface area contributed by atoms with Gasteiger partial charge in [-0.1, -0.05) is 64.8 Å². The van der Waals surface area contributed by atoms with E-state index in [1.807, 2.05) is 0 Å². The van der Waals surface area contributed by atoms with Crippen molar-refractivity contribution in [3.63, 3.8) is 0 Å². The number of carboxylic acid groups (broad SMARTS) is 1. The van der Waals surface area contributed by atoms with Gasteiger partial charge in [-0.3, -0.25) is 9.69 Å². The van der Waals surface area contributed by atoms with E-state index >= 15 is 0 Å². The van der Waals surface area contributed by atoms with Gasteiger partial charge in [0, 0.05) is 12.1 Å². The number of aliphatic carboxylic acids is 1. The van der Waals surface area contributed by atoms with E-state index in [0.717, 1.165) is 51.4 Å². The van der Waals surface area contributed by atoms with Crippen LogP contribution >= 0.6 is 0 Å². The number of carbonyl (C=O) groups is 1. The lowest BCUT2D eigenvalue weighted by atomic mass is 9.98. The van der Waals surface area contributed by atoms with Crippen LogP contribution < -0.4 is 0 Å². The molecule has 0 fully saturated rings. The molecule has 0 radical (unpaired) electrons.